The van der Waals surface area contributed by atoms with Gasteiger partial charge in [-0.15, -0.1) is 13.2 Å². The van der Waals surface area contributed by atoms with E-state index in [9.17, 15) is 0 Å². The lowest BCUT2D eigenvalue weighted by Crippen LogP contribution is -2.59. The van der Waals surface area contributed by atoms with Crippen molar-refractivity contribution in [3.8, 4) is 0 Å². The van der Waals surface area contributed by atoms with E-state index in [1.165, 1.54) is 6.42 Å². The van der Waals surface area contributed by atoms with Gasteiger partial charge in [-0.1, -0.05) is 12.2 Å². The number of hydrogen-bond donors (Lipinski definition) is 0. The van der Waals surface area contributed by atoms with Gasteiger partial charge in [0.05, 0.1) is 6.67 Å². The summed E-state index contributed by atoms with van der Waals surface area (Å²) < 4.78 is 0. The first-order valence-corrected chi connectivity index (χ1v) is 5.72. The highest BCUT2D eigenvalue weighted by molar-refractivity contribution is 4.94. The summed E-state index contributed by atoms with van der Waals surface area (Å²) in [4.78, 5) is 4.94. The molecule has 0 aromatic heterocycles. The van der Waals surface area contributed by atoms with Crippen LogP contribution < -0.4 is 0 Å². The summed E-state index contributed by atoms with van der Waals surface area (Å²) in [6.45, 7) is 17.5. The molecule has 1 rings (SSSR count). The Labute approximate surface area is 94.3 Å². The molecule has 0 N–H and O–H groups in total. The minimum atomic E-state index is 0.283. The zero-order chi connectivity index (χ0) is 11.5. The largest absolute Gasteiger partial charge is 0.284 e. The van der Waals surface area contributed by atoms with Crippen molar-refractivity contribution in [3.05, 3.63) is 25.3 Å². The first kappa shape index (κ1) is 12.5. The summed E-state index contributed by atoms with van der Waals surface area (Å²) in [7, 11) is 0. The Hall–Kier alpha value is -0.600. The Kier molecular flexibility index (Phi) is 4.12. The molecule has 0 spiro atoms. The SMILES string of the molecule is C=CCN1CN(CC=C)C(C)(C)CC1C. The Balaban J connectivity index is 2.70. The first-order chi connectivity index (χ1) is 7.01. The molecular formula is C13H24N2. The van der Waals surface area contributed by atoms with E-state index in [0.29, 0.717) is 6.04 Å². The third-order valence-electron chi connectivity index (χ3n) is 3.34. The molecule has 1 heterocycles. The van der Waals surface area contributed by atoms with Crippen molar-refractivity contribution in [2.75, 3.05) is 19.8 Å². The average Bonchev–Trinajstić information content (AvgIpc) is 2.13. The topological polar surface area (TPSA) is 6.48 Å². The van der Waals surface area contributed by atoms with E-state index < -0.39 is 0 Å². The van der Waals surface area contributed by atoms with Gasteiger partial charge in [-0.2, -0.15) is 0 Å². The molecule has 1 aliphatic heterocycles. The van der Waals surface area contributed by atoms with Crippen LogP contribution in [-0.4, -0.2) is 41.1 Å². The monoisotopic (exact) mass is 208 g/mol. The maximum absolute atomic E-state index is 3.83. The lowest BCUT2D eigenvalue weighted by molar-refractivity contribution is -0.0244. The van der Waals surface area contributed by atoms with Gasteiger partial charge in [0.25, 0.3) is 0 Å². The predicted molar refractivity (Wildman–Crippen MR) is 66.8 cm³/mol. The molecule has 0 amide bonds. The van der Waals surface area contributed by atoms with Gasteiger partial charge in [0.1, 0.15) is 0 Å². The highest BCUT2D eigenvalue weighted by Gasteiger charge is 2.35. The molecule has 0 aromatic rings. The molecule has 2 nitrogen and oxygen atoms in total. The van der Waals surface area contributed by atoms with E-state index in [0.717, 1.165) is 19.8 Å². The molecule has 0 bridgehead atoms. The van der Waals surface area contributed by atoms with Gasteiger partial charge < -0.3 is 0 Å². The second-order valence-electron chi connectivity index (χ2n) is 5.08. The summed E-state index contributed by atoms with van der Waals surface area (Å²) in [5.74, 6) is 0. The second-order valence-corrected chi connectivity index (χ2v) is 5.08. The second kappa shape index (κ2) is 4.95. The predicted octanol–water partition coefficient (Wildman–Crippen LogP) is 2.49. The molecule has 1 aliphatic rings. The highest BCUT2D eigenvalue weighted by atomic mass is 15.4. The zero-order valence-corrected chi connectivity index (χ0v) is 10.4. The van der Waals surface area contributed by atoms with Gasteiger partial charge in [-0.25, -0.2) is 0 Å². The van der Waals surface area contributed by atoms with Crippen LogP contribution >= 0.6 is 0 Å². The molecule has 0 radical (unpaired) electrons. The molecule has 0 aliphatic carbocycles. The van der Waals surface area contributed by atoms with Crippen molar-refractivity contribution in [3.63, 3.8) is 0 Å². The molecule has 1 saturated heterocycles. The molecule has 86 valence electrons. The fraction of sp³-hybridized carbons (Fsp3) is 0.692. The number of rotatable bonds is 4. The minimum absolute atomic E-state index is 0.283. The van der Waals surface area contributed by atoms with Crippen molar-refractivity contribution in [1.29, 1.82) is 0 Å². The molecule has 1 atom stereocenters. The van der Waals surface area contributed by atoms with E-state index in [4.69, 9.17) is 0 Å². The van der Waals surface area contributed by atoms with Crippen LogP contribution in [0.5, 0.6) is 0 Å². The molecule has 2 heteroatoms. The number of hydrogen-bond acceptors (Lipinski definition) is 2. The summed E-state index contributed by atoms with van der Waals surface area (Å²) in [5, 5.41) is 0. The van der Waals surface area contributed by atoms with Crippen LogP contribution in [-0.2, 0) is 0 Å². The van der Waals surface area contributed by atoms with E-state index >= 15 is 0 Å². The molecule has 1 unspecified atom stereocenters. The molecule has 15 heavy (non-hydrogen) atoms. The van der Waals surface area contributed by atoms with E-state index in [1.807, 2.05) is 12.2 Å². The van der Waals surface area contributed by atoms with Crippen LogP contribution in [0.25, 0.3) is 0 Å². The Bertz CT molecular complexity index is 233. The Morgan fingerprint density at radius 2 is 1.87 bits per heavy atom. The highest BCUT2D eigenvalue weighted by Crippen LogP contribution is 2.28. The fourth-order valence-corrected chi connectivity index (χ4v) is 2.40. The lowest BCUT2D eigenvalue weighted by Gasteiger charge is -2.49. The smallest absolute Gasteiger partial charge is 0.0519 e. The molecule has 0 saturated carbocycles. The third-order valence-corrected chi connectivity index (χ3v) is 3.34. The maximum Gasteiger partial charge on any atom is 0.0519 e. The van der Waals surface area contributed by atoms with Crippen molar-refractivity contribution >= 4 is 0 Å². The van der Waals surface area contributed by atoms with Gasteiger partial charge in [0.2, 0.25) is 0 Å². The van der Waals surface area contributed by atoms with Crippen molar-refractivity contribution < 1.29 is 0 Å². The summed E-state index contributed by atoms with van der Waals surface area (Å²) >= 11 is 0. The average molecular weight is 208 g/mol. The van der Waals surface area contributed by atoms with Crippen LogP contribution in [0.4, 0.5) is 0 Å². The van der Waals surface area contributed by atoms with Crippen LogP contribution in [0, 0.1) is 0 Å². The Morgan fingerprint density at radius 3 is 2.40 bits per heavy atom. The van der Waals surface area contributed by atoms with Crippen LogP contribution in [0.3, 0.4) is 0 Å². The number of nitrogens with zero attached hydrogens (tertiary/aromatic N) is 2. The van der Waals surface area contributed by atoms with Crippen LogP contribution in [0.1, 0.15) is 27.2 Å². The van der Waals surface area contributed by atoms with Gasteiger partial charge >= 0.3 is 0 Å². The van der Waals surface area contributed by atoms with Crippen molar-refractivity contribution in [2.24, 2.45) is 0 Å². The summed E-state index contributed by atoms with van der Waals surface area (Å²) in [5.41, 5.74) is 0.283. The normalized spacial score (nSPS) is 27.5. The maximum atomic E-state index is 3.83. The molecule has 0 aromatic carbocycles. The molecule has 1 fully saturated rings. The standard InChI is InChI=1S/C13H24N2/c1-6-8-14-11-15(9-7-2)13(4,5)10-12(14)3/h6-7,12H,1-2,8-11H2,3-5H3. The van der Waals surface area contributed by atoms with Gasteiger partial charge in [-0.3, -0.25) is 9.80 Å². The summed E-state index contributed by atoms with van der Waals surface area (Å²) in [6, 6.07) is 0.638. The van der Waals surface area contributed by atoms with Crippen molar-refractivity contribution in [2.45, 2.75) is 38.8 Å². The fourth-order valence-electron chi connectivity index (χ4n) is 2.40. The van der Waals surface area contributed by atoms with Gasteiger partial charge in [0, 0.05) is 24.7 Å². The van der Waals surface area contributed by atoms with Gasteiger partial charge in [0.15, 0.2) is 0 Å². The quantitative estimate of drug-likeness (QED) is 0.655. The van der Waals surface area contributed by atoms with E-state index in [-0.39, 0.29) is 5.54 Å². The lowest BCUT2D eigenvalue weighted by atomic mass is 9.90. The molecular weight excluding hydrogens is 184 g/mol. The van der Waals surface area contributed by atoms with Crippen molar-refractivity contribution in [1.82, 2.24) is 9.80 Å². The van der Waals surface area contributed by atoms with Crippen LogP contribution in [0.15, 0.2) is 25.3 Å². The first-order valence-electron chi connectivity index (χ1n) is 5.72. The third kappa shape index (κ3) is 2.93. The van der Waals surface area contributed by atoms with Gasteiger partial charge in [-0.05, 0) is 27.2 Å². The Morgan fingerprint density at radius 1 is 1.27 bits per heavy atom. The summed E-state index contributed by atoms with van der Waals surface area (Å²) in [6.07, 6.45) is 5.18. The zero-order valence-electron chi connectivity index (χ0n) is 10.4. The van der Waals surface area contributed by atoms with E-state index in [2.05, 4.69) is 43.7 Å². The van der Waals surface area contributed by atoms with Crippen LogP contribution in [0.2, 0.25) is 0 Å². The minimum Gasteiger partial charge on any atom is -0.284 e. The van der Waals surface area contributed by atoms with E-state index in [1.54, 1.807) is 0 Å².